The highest BCUT2D eigenvalue weighted by Crippen LogP contribution is 2.25. The van der Waals surface area contributed by atoms with Gasteiger partial charge in [0.15, 0.2) is 0 Å². The molecule has 3 rings (SSSR count). The second kappa shape index (κ2) is 9.66. The fourth-order valence-electron chi connectivity index (χ4n) is 3.10. The van der Waals surface area contributed by atoms with Gasteiger partial charge in [-0.05, 0) is 49.7 Å². The van der Waals surface area contributed by atoms with Gasteiger partial charge >= 0.3 is 0 Å². The molecule has 1 N–H and O–H groups in total. The van der Waals surface area contributed by atoms with Gasteiger partial charge in [-0.3, -0.25) is 9.10 Å². The van der Waals surface area contributed by atoms with Crippen LogP contribution in [0.3, 0.4) is 0 Å². The van der Waals surface area contributed by atoms with Gasteiger partial charge in [0.2, 0.25) is 0 Å². The maximum atomic E-state index is 13.0. The summed E-state index contributed by atoms with van der Waals surface area (Å²) in [5, 5.41) is 2.89. The van der Waals surface area contributed by atoms with E-state index >= 15 is 0 Å². The van der Waals surface area contributed by atoms with E-state index in [1.165, 1.54) is 19.2 Å². The van der Waals surface area contributed by atoms with Crippen LogP contribution in [0.4, 0.5) is 5.69 Å². The van der Waals surface area contributed by atoms with Crippen LogP contribution in [0.1, 0.15) is 22.8 Å². The van der Waals surface area contributed by atoms with E-state index in [4.69, 9.17) is 4.74 Å². The standard InChI is InChI=1S/C24H26N2O4S/c1-18-11-7-10-16-23(18)30-17-19(2)25-24(27)21-14-8-9-15-22(21)26(3)31(28,29)20-12-5-4-6-13-20/h4-16,19H,17H2,1-3H3,(H,25,27). The molecule has 0 aliphatic rings. The summed E-state index contributed by atoms with van der Waals surface area (Å²) in [4.78, 5) is 13.1. The average Bonchev–Trinajstić information content (AvgIpc) is 2.78. The number of hydrogen-bond donors (Lipinski definition) is 1. The first kappa shape index (κ1) is 22.4. The first-order valence-corrected chi connectivity index (χ1v) is 11.4. The fourth-order valence-corrected chi connectivity index (χ4v) is 4.33. The monoisotopic (exact) mass is 438 g/mol. The molecule has 3 aromatic carbocycles. The summed E-state index contributed by atoms with van der Waals surface area (Å²) >= 11 is 0. The third kappa shape index (κ3) is 5.24. The van der Waals surface area contributed by atoms with Gasteiger partial charge in [-0.2, -0.15) is 0 Å². The van der Waals surface area contributed by atoms with Crippen molar-refractivity contribution in [2.75, 3.05) is 18.0 Å². The summed E-state index contributed by atoms with van der Waals surface area (Å²) in [6.07, 6.45) is 0. The Bertz CT molecular complexity index is 1150. The summed E-state index contributed by atoms with van der Waals surface area (Å²) < 4.78 is 32.9. The number of ether oxygens (including phenoxy) is 1. The molecule has 0 aromatic heterocycles. The molecule has 162 valence electrons. The van der Waals surface area contributed by atoms with E-state index in [9.17, 15) is 13.2 Å². The van der Waals surface area contributed by atoms with Gasteiger partial charge in [0, 0.05) is 7.05 Å². The molecule has 0 radical (unpaired) electrons. The number of para-hydroxylation sites is 2. The third-order valence-electron chi connectivity index (χ3n) is 4.85. The molecule has 6 nitrogen and oxygen atoms in total. The van der Waals surface area contributed by atoms with Crippen molar-refractivity contribution in [3.63, 3.8) is 0 Å². The number of aryl methyl sites for hydroxylation is 1. The molecule has 1 atom stereocenters. The maximum Gasteiger partial charge on any atom is 0.264 e. The van der Waals surface area contributed by atoms with Gasteiger partial charge < -0.3 is 10.1 Å². The lowest BCUT2D eigenvalue weighted by atomic mass is 10.1. The van der Waals surface area contributed by atoms with E-state index in [1.54, 1.807) is 42.5 Å². The molecule has 0 aliphatic carbocycles. The molecular formula is C24H26N2O4S. The third-order valence-corrected chi connectivity index (χ3v) is 6.64. The van der Waals surface area contributed by atoms with E-state index in [0.717, 1.165) is 15.6 Å². The zero-order valence-corrected chi connectivity index (χ0v) is 18.6. The van der Waals surface area contributed by atoms with Crippen LogP contribution in [-0.2, 0) is 10.0 Å². The van der Waals surface area contributed by atoms with Crippen molar-refractivity contribution < 1.29 is 17.9 Å². The minimum Gasteiger partial charge on any atom is -0.491 e. The van der Waals surface area contributed by atoms with Crippen LogP contribution in [-0.4, -0.2) is 34.0 Å². The Morgan fingerprint density at radius 2 is 1.58 bits per heavy atom. The molecule has 0 bridgehead atoms. The van der Waals surface area contributed by atoms with Crippen LogP contribution in [0, 0.1) is 6.92 Å². The smallest absolute Gasteiger partial charge is 0.264 e. The van der Waals surface area contributed by atoms with Gasteiger partial charge in [0.25, 0.3) is 15.9 Å². The van der Waals surface area contributed by atoms with Crippen molar-refractivity contribution in [3.8, 4) is 5.75 Å². The molecule has 0 saturated heterocycles. The van der Waals surface area contributed by atoms with E-state index in [1.807, 2.05) is 38.1 Å². The average molecular weight is 439 g/mol. The quantitative estimate of drug-likeness (QED) is 0.576. The summed E-state index contributed by atoms with van der Waals surface area (Å²) in [6, 6.07) is 22.1. The van der Waals surface area contributed by atoms with Crippen molar-refractivity contribution in [1.82, 2.24) is 5.32 Å². The Balaban J connectivity index is 1.75. The second-order valence-electron chi connectivity index (χ2n) is 7.25. The SMILES string of the molecule is Cc1ccccc1OCC(C)NC(=O)c1ccccc1N(C)S(=O)(=O)c1ccccc1. The lowest BCUT2D eigenvalue weighted by Crippen LogP contribution is -2.38. The summed E-state index contributed by atoms with van der Waals surface area (Å²) in [5.74, 6) is 0.393. The van der Waals surface area contributed by atoms with Crippen LogP contribution in [0.5, 0.6) is 5.75 Å². The van der Waals surface area contributed by atoms with E-state index < -0.39 is 10.0 Å². The lowest BCUT2D eigenvalue weighted by molar-refractivity contribution is 0.0927. The normalized spacial score (nSPS) is 12.1. The number of carbonyl (C=O) groups is 1. The first-order valence-electron chi connectivity index (χ1n) is 9.93. The van der Waals surface area contributed by atoms with Crippen LogP contribution < -0.4 is 14.4 Å². The molecule has 1 amide bonds. The number of anilines is 1. The molecular weight excluding hydrogens is 412 g/mol. The number of hydrogen-bond acceptors (Lipinski definition) is 4. The number of sulfonamides is 1. The summed E-state index contributed by atoms with van der Waals surface area (Å²) in [5.41, 5.74) is 1.59. The largest absolute Gasteiger partial charge is 0.491 e. The van der Waals surface area contributed by atoms with E-state index in [2.05, 4.69) is 5.32 Å². The van der Waals surface area contributed by atoms with Crippen molar-refractivity contribution in [2.45, 2.75) is 24.8 Å². The molecule has 0 heterocycles. The highest BCUT2D eigenvalue weighted by atomic mass is 32.2. The Kier molecular flexibility index (Phi) is 6.97. The Morgan fingerprint density at radius 3 is 2.29 bits per heavy atom. The van der Waals surface area contributed by atoms with E-state index in [0.29, 0.717) is 5.69 Å². The molecule has 3 aromatic rings. The molecule has 1 unspecified atom stereocenters. The van der Waals surface area contributed by atoms with Gasteiger partial charge in [-0.25, -0.2) is 8.42 Å². The lowest BCUT2D eigenvalue weighted by Gasteiger charge is -2.23. The van der Waals surface area contributed by atoms with Crippen molar-refractivity contribution in [3.05, 3.63) is 90.0 Å². The maximum absolute atomic E-state index is 13.0. The molecule has 31 heavy (non-hydrogen) atoms. The zero-order valence-electron chi connectivity index (χ0n) is 17.8. The van der Waals surface area contributed by atoms with Crippen molar-refractivity contribution >= 4 is 21.6 Å². The van der Waals surface area contributed by atoms with Gasteiger partial charge in [-0.1, -0.05) is 48.5 Å². The van der Waals surface area contributed by atoms with Crippen LogP contribution in [0.2, 0.25) is 0 Å². The Morgan fingerprint density at radius 1 is 0.968 bits per heavy atom. The second-order valence-corrected chi connectivity index (χ2v) is 9.22. The predicted octanol–water partition coefficient (Wildman–Crippen LogP) is 4.02. The predicted molar refractivity (Wildman–Crippen MR) is 122 cm³/mol. The van der Waals surface area contributed by atoms with Crippen molar-refractivity contribution in [2.24, 2.45) is 0 Å². The van der Waals surface area contributed by atoms with Gasteiger partial charge in [0.1, 0.15) is 12.4 Å². The molecule has 0 saturated carbocycles. The van der Waals surface area contributed by atoms with Crippen LogP contribution in [0.15, 0.2) is 83.8 Å². The van der Waals surface area contributed by atoms with Gasteiger partial charge in [0.05, 0.1) is 22.2 Å². The number of carbonyl (C=O) groups excluding carboxylic acids is 1. The zero-order chi connectivity index (χ0) is 22.4. The number of nitrogens with one attached hydrogen (secondary N) is 1. The summed E-state index contributed by atoms with van der Waals surface area (Å²) in [7, 11) is -2.36. The summed E-state index contributed by atoms with van der Waals surface area (Å²) in [6.45, 7) is 4.08. The minimum absolute atomic E-state index is 0.160. The molecule has 0 spiro atoms. The Labute approximate surface area is 183 Å². The number of amides is 1. The highest BCUT2D eigenvalue weighted by Gasteiger charge is 2.25. The molecule has 7 heteroatoms. The first-order chi connectivity index (χ1) is 14.8. The molecule has 0 fully saturated rings. The fraction of sp³-hybridized carbons (Fsp3) is 0.208. The Hall–Kier alpha value is -3.32. The van der Waals surface area contributed by atoms with E-state index in [-0.39, 0.29) is 29.0 Å². The molecule has 0 aliphatic heterocycles. The number of rotatable bonds is 8. The van der Waals surface area contributed by atoms with Gasteiger partial charge in [-0.15, -0.1) is 0 Å². The highest BCUT2D eigenvalue weighted by molar-refractivity contribution is 7.92. The number of nitrogens with zero attached hydrogens (tertiary/aromatic N) is 1. The van der Waals surface area contributed by atoms with Crippen LogP contribution in [0.25, 0.3) is 0 Å². The van der Waals surface area contributed by atoms with Crippen LogP contribution >= 0.6 is 0 Å². The number of benzene rings is 3. The topological polar surface area (TPSA) is 75.7 Å². The van der Waals surface area contributed by atoms with Crippen molar-refractivity contribution in [1.29, 1.82) is 0 Å². The minimum atomic E-state index is -3.80.